The van der Waals surface area contributed by atoms with Gasteiger partial charge in [0.05, 0.1) is 17.1 Å². The van der Waals surface area contributed by atoms with Crippen LogP contribution >= 0.6 is 0 Å². The number of hydrogen-bond acceptors (Lipinski definition) is 3. The van der Waals surface area contributed by atoms with E-state index >= 15 is 0 Å². The molecular weight excluding hydrogens is 296 g/mol. The van der Waals surface area contributed by atoms with Crippen LogP contribution < -0.4 is 4.74 Å². The van der Waals surface area contributed by atoms with Crippen molar-refractivity contribution in [3.8, 4) is 17.6 Å². The fourth-order valence-corrected chi connectivity index (χ4v) is 2.73. The predicted octanol–water partition coefficient (Wildman–Crippen LogP) is 5.55. The van der Waals surface area contributed by atoms with Gasteiger partial charge in [-0.05, 0) is 44.0 Å². The molecule has 0 saturated heterocycles. The molecule has 1 aromatic heterocycles. The van der Waals surface area contributed by atoms with Crippen molar-refractivity contribution < 1.29 is 4.74 Å². The summed E-state index contributed by atoms with van der Waals surface area (Å²) in [5, 5.41) is 10.2. The van der Waals surface area contributed by atoms with Crippen LogP contribution in [0.4, 0.5) is 0 Å². The maximum atomic E-state index is 9.21. The topological polar surface area (TPSA) is 45.9 Å². The molecule has 0 fully saturated rings. The number of fused-ring (bicyclic) bond motifs is 1. The molecular formula is C21H20N2O. The second-order valence-electron chi connectivity index (χ2n) is 5.88. The van der Waals surface area contributed by atoms with Crippen LogP contribution in [-0.2, 0) is 6.42 Å². The molecule has 0 aliphatic heterocycles. The monoisotopic (exact) mass is 316 g/mol. The third-order valence-electron chi connectivity index (χ3n) is 4.14. The highest BCUT2D eigenvalue weighted by Gasteiger charge is 2.10. The van der Waals surface area contributed by atoms with Crippen LogP contribution in [0.2, 0.25) is 0 Å². The summed E-state index contributed by atoms with van der Waals surface area (Å²) in [6, 6.07) is 17.8. The Morgan fingerprint density at radius 2 is 1.92 bits per heavy atom. The van der Waals surface area contributed by atoms with Crippen molar-refractivity contribution in [2.24, 2.45) is 0 Å². The summed E-state index contributed by atoms with van der Waals surface area (Å²) in [5.41, 5.74) is 3.47. The average molecular weight is 316 g/mol. The molecule has 3 rings (SSSR count). The van der Waals surface area contributed by atoms with E-state index in [1.54, 1.807) is 6.07 Å². The normalized spacial score (nSPS) is 10.5. The highest BCUT2D eigenvalue weighted by molar-refractivity contribution is 5.85. The van der Waals surface area contributed by atoms with Gasteiger partial charge in [0.15, 0.2) is 0 Å². The molecule has 3 nitrogen and oxygen atoms in total. The molecule has 3 aromatic rings. The van der Waals surface area contributed by atoms with Gasteiger partial charge in [-0.2, -0.15) is 5.26 Å². The lowest BCUT2D eigenvalue weighted by Gasteiger charge is -2.13. The molecule has 0 aliphatic rings. The Labute approximate surface area is 142 Å². The number of aryl methyl sites for hydroxylation is 1. The molecule has 0 aliphatic carbocycles. The lowest BCUT2D eigenvalue weighted by Crippen LogP contribution is -1.96. The SMILES string of the molecule is CCCCc1cc(Oc2cccc(C#N)c2C)c2ccccc2n1. The van der Waals surface area contributed by atoms with Crippen LogP contribution in [0.1, 0.15) is 36.6 Å². The van der Waals surface area contributed by atoms with E-state index in [4.69, 9.17) is 9.72 Å². The summed E-state index contributed by atoms with van der Waals surface area (Å²) < 4.78 is 6.19. The van der Waals surface area contributed by atoms with Gasteiger partial charge in [0.25, 0.3) is 0 Å². The number of benzene rings is 2. The number of nitrogens with zero attached hydrogens (tertiary/aromatic N) is 2. The molecule has 0 unspecified atom stereocenters. The van der Waals surface area contributed by atoms with E-state index in [9.17, 15) is 5.26 Å². The maximum absolute atomic E-state index is 9.21. The Hall–Kier alpha value is -2.86. The fourth-order valence-electron chi connectivity index (χ4n) is 2.73. The summed E-state index contributed by atoms with van der Waals surface area (Å²) in [5.74, 6) is 1.51. The zero-order valence-electron chi connectivity index (χ0n) is 14.0. The van der Waals surface area contributed by atoms with Gasteiger partial charge in [-0.15, -0.1) is 0 Å². The predicted molar refractivity (Wildman–Crippen MR) is 96.3 cm³/mol. The average Bonchev–Trinajstić information content (AvgIpc) is 2.61. The summed E-state index contributed by atoms with van der Waals surface area (Å²) in [6.07, 6.45) is 3.18. The highest BCUT2D eigenvalue weighted by Crippen LogP contribution is 2.32. The van der Waals surface area contributed by atoms with Gasteiger partial charge in [-0.1, -0.05) is 31.5 Å². The second kappa shape index (κ2) is 7.14. The van der Waals surface area contributed by atoms with E-state index < -0.39 is 0 Å². The largest absolute Gasteiger partial charge is 0.456 e. The second-order valence-corrected chi connectivity index (χ2v) is 5.88. The van der Waals surface area contributed by atoms with Crippen LogP contribution in [0.3, 0.4) is 0 Å². The van der Waals surface area contributed by atoms with Crippen LogP contribution in [-0.4, -0.2) is 4.98 Å². The number of para-hydroxylation sites is 1. The van der Waals surface area contributed by atoms with Gasteiger partial charge >= 0.3 is 0 Å². The number of rotatable bonds is 5. The van der Waals surface area contributed by atoms with Gasteiger partial charge in [-0.3, -0.25) is 4.98 Å². The number of unbranched alkanes of at least 4 members (excludes halogenated alkanes) is 1. The Balaban J connectivity index is 2.06. The lowest BCUT2D eigenvalue weighted by molar-refractivity contribution is 0.483. The van der Waals surface area contributed by atoms with E-state index in [-0.39, 0.29) is 0 Å². The Bertz CT molecular complexity index is 909. The number of nitriles is 1. The Morgan fingerprint density at radius 3 is 2.71 bits per heavy atom. The van der Waals surface area contributed by atoms with E-state index in [0.29, 0.717) is 11.3 Å². The summed E-state index contributed by atoms with van der Waals surface area (Å²) in [6.45, 7) is 4.09. The van der Waals surface area contributed by atoms with Crippen molar-refractivity contribution in [1.82, 2.24) is 4.98 Å². The van der Waals surface area contributed by atoms with E-state index in [2.05, 4.69) is 13.0 Å². The van der Waals surface area contributed by atoms with Crippen LogP contribution in [0.5, 0.6) is 11.5 Å². The van der Waals surface area contributed by atoms with Crippen LogP contribution in [0, 0.1) is 18.3 Å². The molecule has 0 bridgehead atoms. The number of hydrogen-bond donors (Lipinski definition) is 0. The molecule has 1 heterocycles. The van der Waals surface area contributed by atoms with Gasteiger partial charge in [0.2, 0.25) is 0 Å². The third kappa shape index (κ3) is 3.23. The number of ether oxygens (including phenoxy) is 1. The van der Waals surface area contributed by atoms with Crippen molar-refractivity contribution in [3.05, 3.63) is 65.4 Å². The van der Waals surface area contributed by atoms with Crippen LogP contribution in [0.25, 0.3) is 10.9 Å². The molecule has 0 N–H and O–H groups in total. The quantitative estimate of drug-likeness (QED) is 0.620. The fraction of sp³-hybridized carbons (Fsp3) is 0.238. The first kappa shape index (κ1) is 16.0. The van der Waals surface area contributed by atoms with Gasteiger partial charge in [0.1, 0.15) is 11.5 Å². The molecule has 2 aromatic carbocycles. The molecule has 0 amide bonds. The van der Waals surface area contributed by atoms with E-state index in [0.717, 1.165) is 47.2 Å². The zero-order valence-corrected chi connectivity index (χ0v) is 14.0. The maximum Gasteiger partial charge on any atom is 0.138 e. The smallest absolute Gasteiger partial charge is 0.138 e. The summed E-state index contributed by atoms with van der Waals surface area (Å²) >= 11 is 0. The summed E-state index contributed by atoms with van der Waals surface area (Å²) in [4.78, 5) is 4.74. The minimum Gasteiger partial charge on any atom is -0.456 e. The first-order chi connectivity index (χ1) is 11.7. The molecule has 0 spiro atoms. The van der Waals surface area contributed by atoms with Crippen molar-refractivity contribution in [3.63, 3.8) is 0 Å². The molecule has 0 atom stereocenters. The number of pyridine rings is 1. The standard InChI is InChI=1S/C21H20N2O/c1-3-4-9-17-13-21(18-10-5-6-11-19(18)23-17)24-20-12-7-8-16(14-22)15(20)2/h5-8,10-13H,3-4,9H2,1-2H3. The minimum absolute atomic E-state index is 0.636. The van der Waals surface area contributed by atoms with Crippen molar-refractivity contribution in [1.29, 1.82) is 5.26 Å². The van der Waals surface area contributed by atoms with Gasteiger partial charge in [0, 0.05) is 22.7 Å². The van der Waals surface area contributed by atoms with E-state index in [1.807, 2.05) is 49.4 Å². The van der Waals surface area contributed by atoms with Gasteiger partial charge in [-0.25, -0.2) is 0 Å². The molecule has 3 heteroatoms. The first-order valence-corrected chi connectivity index (χ1v) is 8.29. The molecule has 24 heavy (non-hydrogen) atoms. The summed E-state index contributed by atoms with van der Waals surface area (Å²) in [7, 11) is 0. The molecule has 120 valence electrons. The van der Waals surface area contributed by atoms with Gasteiger partial charge < -0.3 is 4.74 Å². The van der Waals surface area contributed by atoms with Crippen molar-refractivity contribution >= 4 is 10.9 Å². The highest BCUT2D eigenvalue weighted by atomic mass is 16.5. The zero-order chi connectivity index (χ0) is 16.9. The Kier molecular flexibility index (Phi) is 4.77. The third-order valence-corrected chi connectivity index (χ3v) is 4.14. The first-order valence-electron chi connectivity index (χ1n) is 8.29. The molecule has 0 radical (unpaired) electrons. The lowest BCUT2D eigenvalue weighted by atomic mass is 10.1. The van der Waals surface area contributed by atoms with Crippen LogP contribution in [0.15, 0.2) is 48.5 Å². The number of aromatic nitrogens is 1. The Morgan fingerprint density at radius 1 is 1.08 bits per heavy atom. The van der Waals surface area contributed by atoms with Crippen molar-refractivity contribution in [2.45, 2.75) is 33.1 Å². The van der Waals surface area contributed by atoms with Crippen molar-refractivity contribution in [2.75, 3.05) is 0 Å². The minimum atomic E-state index is 0.636. The van der Waals surface area contributed by atoms with E-state index in [1.165, 1.54) is 0 Å². The molecule has 0 saturated carbocycles.